The Labute approximate surface area is 112 Å². The third kappa shape index (κ3) is 4.60. The van der Waals surface area contributed by atoms with E-state index in [2.05, 4.69) is 4.98 Å². The molecule has 0 atom stereocenters. The van der Waals surface area contributed by atoms with Crippen LogP contribution in [0, 0.1) is 0 Å². The van der Waals surface area contributed by atoms with Gasteiger partial charge in [0.2, 0.25) is 0 Å². The highest BCUT2D eigenvalue weighted by Crippen LogP contribution is 2.10. The second-order valence-electron chi connectivity index (χ2n) is 4.01. The summed E-state index contributed by atoms with van der Waals surface area (Å²) in [5, 5.41) is 8.86. The van der Waals surface area contributed by atoms with E-state index in [0.717, 1.165) is 12.2 Å². The van der Waals surface area contributed by atoms with E-state index in [1.807, 2.05) is 30.3 Å². The van der Waals surface area contributed by atoms with Crippen LogP contribution in [0.5, 0.6) is 11.5 Å². The molecule has 0 bridgehead atoms. The summed E-state index contributed by atoms with van der Waals surface area (Å²) in [5.74, 6) is 1.58. The lowest BCUT2D eigenvalue weighted by Gasteiger charge is -2.07. The molecular formula is C15H17NO3. The minimum absolute atomic E-state index is 0.0504. The van der Waals surface area contributed by atoms with Gasteiger partial charge in [0.1, 0.15) is 11.5 Å². The van der Waals surface area contributed by atoms with Crippen molar-refractivity contribution in [2.75, 3.05) is 13.2 Å². The van der Waals surface area contributed by atoms with Crippen molar-refractivity contribution < 1.29 is 14.6 Å². The Morgan fingerprint density at radius 3 is 2.26 bits per heavy atom. The number of nitrogens with zero attached hydrogens (tertiary/aromatic N) is 1. The molecule has 0 unspecified atom stereocenters. The molecule has 1 aromatic heterocycles. The average molecular weight is 259 g/mol. The Morgan fingerprint density at radius 1 is 0.895 bits per heavy atom. The van der Waals surface area contributed by atoms with E-state index in [0.29, 0.717) is 24.7 Å². The summed E-state index contributed by atoms with van der Waals surface area (Å²) in [6.45, 7) is 1.14. The Bertz CT molecular complexity index is 471. The molecule has 2 aromatic rings. The van der Waals surface area contributed by atoms with Crippen molar-refractivity contribution in [1.82, 2.24) is 4.98 Å². The van der Waals surface area contributed by atoms with Crippen LogP contribution < -0.4 is 9.47 Å². The fourth-order valence-corrected chi connectivity index (χ4v) is 1.55. The lowest BCUT2D eigenvalue weighted by Crippen LogP contribution is -2.05. The van der Waals surface area contributed by atoms with Crippen LogP contribution >= 0.6 is 0 Å². The minimum atomic E-state index is -0.0504. The van der Waals surface area contributed by atoms with Crippen molar-refractivity contribution >= 4 is 0 Å². The van der Waals surface area contributed by atoms with Gasteiger partial charge in [0.15, 0.2) is 0 Å². The number of aliphatic hydroxyl groups excluding tert-OH is 1. The van der Waals surface area contributed by atoms with Crippen molar-refractivity contribution in [1.29, 1.82) is 0 Å². The van der Waals surface area contributed by atoms with Gasteiger partial charge in [-0.1, -0.05) is 18.2 Å². The Hall–Kier alpha value is -2.07. The van der Waals surface area contributed by atoms with E-state index in [9.17, 15) is 0 Å². The molecule has 1 N–H and O–H groups in total. The lowest BCUT2D eigenvalue weighted by molar-refractivity contribution is 0.246. The summed E-state index contributed by atoms with van der Waals surface area (Å²) in [4.78, 5) is 4.04. The number of ether oxygens (including phenoxy) is 2. The monoisotopic (exact) mass is 259 g/mol. The first-order chi connectivity index (χ1) is 9.38. The maximum Gasteiger partial charge on any atom is 0.137 e. The molecule has 0 spiro atoms. The lowest BCUT2D eigenvalue weighted by atomic mass is 10.3. The third-order valence-electron chi connectivity index (χ3n) is 2.53. The van der Waals surface area contributed by atoms with Crippen LogP contribution in [0.4, 0.5) is 0 Å². The zero-order valence-electron chi connectivity index (χ0n) is 10.7. The van der Waals surface area contributed by atoms with E-state index in [1.165, 1.54) is 0 Å². The maximum absolute atomic E-state index is 8.86. The van der Waals surface area contributed by atoms with E-state index in [-0.39, 0.29) is 6.61 Å². The van der Waals surface area contributed by atoms with Crippen LogP contribution in [-0.2, 0) is 6.61 Å². The number of rotatable bonds is 7. The van der Waals surface area contributed by atoms with Crippen LogP contribution in [0.15, 0.2) is 48.7 Å². The summed E-state index contributed by atoms with van der Waals surface area (Å²) in [6, 6.07) is 13.3. The number of para-hydroxylation sites is 1. The average Bonchev–Trinajstić information content (AvgIpc) is 2.49. The largest absolute Gasteiger partial charge is 0.493 e. The predicted octanol–water partition coefficient (Wildman–Crippen LogP) is 2.42. The number of benzene rings is 1. The number of hydrogen-bond donors (Lipinski definition) is 1. The van der Waals surface area contributed by atoms with Gasteiger partial charge >= 0.3 is 0 Å². The van der Waals surface area contributed by atoms with Crippen molar-refractivity contribution in [3.63, 3.8) is 0 Å². The zero-order chi connectivity index (χ0) is 13.3. The summed E-state index contributed by atoms with van der Waals surface area (Å²) >= 11 is 0. The SMILES string of the molecule is OCc1ccc(OCCCOc2ccccc2)cn1. The topological polar surface area (TPSA) is 51.6 Å². The van der Waals surface area contributed by atoms with Gasteiger partial charge < -0.3 is 14.6 Å². The van der Waals surface area contributed by atoms with E-state index >= 15 is 0 Å². The van der Waals surface area contributed by atoms with Crippen molar-refractivity contribution in [2.24, 2.45) is 0 Å². The van der Waals surface area contributed by atoms with Crippen LogP contribution in [0.25, 0.3) is 0 Å². The molecule has 0 saturated heterocycles. The Balaban J connectivity index is 1.63. The molecule has 0 saturated carbocycles. The van der Waals surface area contributed by atoms with Crippen LogP contribution in [-0.4, -0.2) is 23.3 Å². The van der Waals surface area contributed by atoms with Gasteiger partial charge in [-0.2, -0.15) is 0 Å². The summed E-state index contributed by atoms with van der Waals surface area (Å²) in [5.41, 5.74) is 0.639. The molecule has 0 amide bonds. The standard InChI is InChI=1S/C15H17NO3/c17-12-13-7-8-15(11-16-13)19-10-4-9-18-14-5-2-1-3-6-14/h1-3,5-8,11,17H,4,9-10,12H2. The molecule has 0 radical (unpaired) electrons. The Morgan fingerprint density at radius 2 is 1.63 bits per heavy atom. The highest BCUT2D eigenvalue weighted by Gasteiger charge is 1.97. The molecule has 0 aliphatic heterocycles. The zero-order valence-corrected chi connectivity index (χ0v) is 10.7. The third-order valence-corrected chi connectivity index (χ3v) is 2.53. The molecule has 0 aliphatic carbocycles. The molecule has 2 rings (SSSR count). The Kier molecular flexibility index (Phi) is 5.19. The second kappa shape index (κ2) is 7.38. The molecular weight excluding hydrogens is 242 g/mol. The number of hydrogen-bond acceptors (Lipinski definition) is 4. The second-order valence-corrected chi connectivity index (χ2v) is 4.01. The molecule has 1 heterocycles. The minimum Gasteiger partial charge on any atom is -0.493 e. The molecule has 1 aromatic carbocycles. The number of aromatic nitrogens is 1. The highest BCUT2D eigenvalue weighted by molar-refractivity contribution is 5.21. The molecule has 100 valence electrons. The number of pyridine rings is 1. The van der Waals surface area contributed by atoms with Gasteiger partial charge in [-0.15, -0.1) is 0 Å². The predicted molar refractivity (Wildman–Crippen MR) is 72.2 cm³/mol. The number of aliphatic hydroxyl groups is 1. The van der Waals surface area contributed by atoms with Crippen molar-refractivity contribution in [2.45, 2.75) is 13.0 Å². The first kappa shape index (κ1) is 13.4. The smallest absolute Gasteiger partial charge is 0.137 e. The van der Waals surface area contributed by atoms with Crippen molar-refractivity contribution in [3.8, 4) is 11.5 Å². The summed E-state index contributed by atoms with van der Waals surface area (Å²) < 4.78 is 11.1. The van der Waals surface area contributed by atoms with Gasteiger partial charge in [0.25, 0.3) is 0 Å². The quantitative estimate of drug-likeness (QED) is 0.776. The molecule has 0 fully saturated rings. The van der Waals surface area contributed by atoms with Gasteiger partial charge in [-0.3, -0.25) is 4.98 Å². The van der Waals surface area contributed by atoms with Crippen molar-refractivity contribution in [3.05, 3.63) is 54.4 Å². The van der Waals surface area contributed by atoms with Gasteiger partial charge in [0, 0.05) is 6.42 Å². The van der Waals surface area contributed by atoms with Crippen LogP contribution in [0.1, 0.15) is 12.1 Å². The van der Waals surface area contributed by atoms with Gasteiger partial charge in [-0.05, 0) is 24.3 Å². The van der Waals surface area contributed by atoms with Gasteiger partial charge in [-0.25, -0.2) is 0 Å². The fraction of sp³-hybridized carbons (Fsp3) is 0.267. The molecule has 0 aliphatic rings. The first-order valence-electron chi connectivity index (χ1n) is 6.25. The van der Waals surface area contributed by atoms with E-state index < -0.39 is 0 Å². The summed E-state index contributed by atoms with van der Waals surface area (Å²) in [6.07, 6.45) is 2.42. The van der Waals surface area contributed by atoms with Gasteiger partial charge in [0.05, 0.1) is 31.7 Å². The summed E-state index contributed by atoms with van der Waals surface area (Å²) in [7, 11) is 0. The van der Waals surface area contributed by atoms with Crippen LogP contribution in [0.2, 0.25) is 0 Å². The molecule has 4 heteroatoms. The fourth-order valence-electron chi connectivity index (χ4n) is 1.55. The molecule has 19 heavy (non-hydrogen) atoms. The van der Waals surface area contributed by atoms with E-state index in [1.54, 1.807) is 18.3 Å². The van der Waals surface area contributed by atoms with E-state index in [4.69, 9.17) is 14.6 Å². The normalized spacial score (nSPS) is 10.2. The maximum atomic E-state index is 8.86. The first-order valence-corrected chi connectivity index (χ1v) is 6.25. The highest BCUT2D eigenvalue weighted by atomic mass is 16.5. The van der Waals surface area contributed by atoms with Crippen LogP contribution in [0.3, 0.4) is 0 Å². The molecule has 4 nitrogen and oxygen atoms in total.